The highest BCUT2D eigenvalue weighted by Gasteiger charge is 2.33. The van der Waals surface area contributed by atoms with Crippen LogP contribution >= 0.6 is 0 Å². The first-order chi connectivity index (χ1) is 17.4. The van der Waals surface area contributed by atoms with Gasteiger partial charge in [0.1, 0.15) is 18.1 Å². The van der Waals surface area contributed by atoms with Crippen molar-refractivity contribution in [1.29, 1.82) is 0 Å². The predicted molar refractivity (Wildman–Crippen MR) is 140 cm³/mol. The minimum atomic E-state index is -3.71. The summed E-state index contributed by atoms with van der Waals surface area (Å²) in [6.45, 7) is 5.24. The molecule has 3 aromatic rings. The second-order valence-electron chi connectivity index (χ2n) is 8.85. The third-order valence-electron chi connectivity index (χ3n) is 6.21. The Balaban J connectivity index is 1.36. The maximum absolute atomic E-state index is 13.3. The summed E-state index contributed by atoms with van der Waals surface area (Å²) in [6.07, 6.45) is 1.26. The van der Waals surface area contributed by atoms with Crippen LogP contribution in [-0.4, -0.2) is 38.3 Å². The van der Waals surface area contributed by atoms with E-state index < -0.39 is 15.9 Å². The maximum Gasteiger partial charge on any atom is 0.243 e. The van der Waals surface area contributed by atoms with E-state index in [0.717, 1.165) is 11.1 Å². The van der Waals surface area contributed by atoms with E-state index >= 15 is 0 Å². The van der Waals surface area contributed by atoms with Crippen LogP contribution in [0.2, 0.25) is 0 Å². The number of piperidine rings is 1. The molecule has 1 fully saturated rings. The van der Waals surface area contributed by atoms with Crippen LogP contribution < -0.4 is 14.8 Å². The number of amides is 1. The second kappa shape index (κ2) is 11.6. The van der Waals surface area contributed by atoms with Gasteiger partial charge >= 0.3 is 0 Å². The molecule has 1 aliphatic rings. The molecule has 1 saturated heterocycles. The van der Waals surface area contributed by atoms with Gasteiger partial charge in [-0.2, -0.15) is 4.31 Å². The summed E-state index contributed by atoms with van der Waals surface area (Å²) in [7, 11) is -3.71. The van der Waals surface area contributed by atoms with Gasteiger partial charge in [0.15, 0.2) is 0 Å². The smallest absolute Gasteiger partial charge is 0.243 e. The normalized spacial score (nSPS) is 16.3. The van der Waals surface area contributed by atoms with Gasteiger partial charge in [0, 0.05) is 18.8 Å². The standard InChI is InChI=1S/C28H32N2O5S/c1-3-34-27-16-15-26(18-21(27)2)36(32,33)30-17-7-10-23(19-30)28(31)29-24-11-13-25(14-12-24)35-20-22-8-5-4-6-9-22/h4-6,8-9,11-16,18,23H,3,7,10,17,19-20H2,1-2H3,(H,29,31)/t23-/m1/s1. The van der Waals surface area contributed by atoms with E-state index in [9.17, 15) is 13.2 Å². The number of rotatable bonds is 9. The highest BCUT2D eigenvalue weighted by molar-refractivity contribution is 7.89. The van der Waals surface area contributed by atoms with Gasteiger partial charge in [0.25, 0.3) is 0 Å². The summed E-state index contributed by atoms with van der Waals surface area (Å²) < 4.78 is 39.3. The van der Waals surface area contributed by atoms with Crippen LogP contribution in [0.5, 0.6) is 11.5 Å². The zero-order valence-electron chi connectivity index (χ0n) is 20.6. The SMILES string of the molecule is CCOc1ccc(S(=O)(=O)N2CCC[C@@H](C(=O)Nc3ccc(OCc4ccccc4)cc3)C2)cc1C. The number of benzene rings is 3. The monoisotopic (exact) mass is 508 g/mol. The Labute approximate surface area is 213 Å². The van der Waals surface area contributed by atoms with Crippen molar-refractivity contribution < 1.29 is 22.7 Å². The number of nitrogens with one attached hydrogen (secondary N) is 1. The summed E-state index contributed by atoms with van der Waals surface area (Å²) >= 11 is 0. The molecule has 36 heavy (non-hydrogen) atoms. The molecule has 0 unspecified atom stereocenters. The molecule has 0 spiro atoms. The van der Waals surface area contributed by atoms with Crippen LogP contribution in [0.4, 0.5) is 5.69 Å². The topological polar surface area (TPSA) is 84.9 Å². The van der Waals surface area contributed by atoms with E-state index in [1.807, 2.05) is 56.3 Å². The van der Waals surface area contributed by atoms with Crippen LogP contribution in [0.15, 0.2) is 77.7 Å². The number of aryl methyl sites for hydroxylation is 1. The van der Waals surface area contributed by atoms with E-state index in [0.29, 0.717) is 49.8 Å². The van der Waals surface area contributed by atoms with Crippen molar-refractivity contribution >= 4 is 21.6 Å². The van der Waals surface area contributed by atoms with E-state index in [4.69, 9.17) is 9.47 Å². The lowest BCUT2D eigenvalue weighted by molar-refractivity contribution is -0.120. The van der Waals surface area contributed by atoms with Gasteiger partial charge in [-0.05, 0) is 80.3 Å². The summed E-state index contributed by atoms with van der Waals surface area (Å²) in [5.41, 5.74) is 2.49. The lowest BCUT2D eigenvalue weighted by Crippen LogP contribution is -2.43. The molecular formula is C28H32N2O5S. The van der Waals surface area contributed by atoms with Gasteiger partial charge in [0.05, 0.1) is 17.4 Å². The maximum atomic E-state index is 13.3. The molecule has 190 valence electrons. The van der Waals surface area contributed by atoms with Crippen molar-refractivity contribution in [2.75, 3.05) is 25.0 Å². The molecule has 1 atom stereocenters. The zero-order chi connectivity index (χ0) is 25.5. The van der Waals surface area contributed by atoms with Crippen molar-refractivity contribution in [3.05, 3.63) is 83.9 Å². The third kappa shape index (κ3) is 6.25. The summed E-state index contributed by atoms with van der Waals surface area (Å²) in [5.74, 6) is 0.767. The average Bonchev–Trinajstić information content (AvgIpc) is 2.90. The molecule has 0 radical (unpaired) electrons. The van der Waals surface area contributed by atoms with Gasteiger partial charge < -0.3 is 14.8 Å². The highest BCUT2D eigenvalue weighted by atomic mass is 32.2. The molecule has 1 N–H and O–H groups in total. The highest BCUT2D eigenvalue weighted by Crippen LogP contribution is 2.28. The number of carbonyl (C=O) groups excluding carboxylic acids is 1. The minimum absolute atomic E-state index is 0.151. The average molecular weight is 509 g/mol. The summed E-state index contributed by atoms with van der Waals surface area (Å²) in [5, 5.41) is 2.92. The Hall–Kier alpha value is -3.36. The van der Waals surface area contributed by atoms with Gasteiger partial charge in [-0.25, -0.2) is 8.42 Å². The van der Waals surface area contributed by atoms with Crippen LogP contribution in [0.1, 0.15) is 30.9 Å². The Morgan fingerprint density at radius 1 is 1.03 bits per heavy atom. The number of hydrogen-bond acceptors (Lipinski definition) is 5. The minimum Gasteiger partial charge on any atom is -0.494 e. The van der Waals surface area contributed by atoms with E-state index in [1.54, 1.807) is 30.3 Å². The lowest BCUT2D eigenvalue weighted by Gasteiger charge is -2.31. The molecule has 0 aromatic heterocycles. The molecule has 1 amide bonds. The summed E-state index contributed by atoms with van der Waals surface area (Å²) in [4.78, 5) is 13.2. The number of ether oxygens (including phenoxy) is 2. The number of hydrogen-bond donors (Lipinski definition) is 1. The molecule has 1 aliphatic heterocycles. The van der Waals surface area contributed by atoms with Crippen LogP contribution in [-0.2, 0) is 21.4 Å². The first-order valence-corrected chi connectivity index (χ1v) is 13.6. The van der Waals surface area contributed by atoms with E-state index in [2.05, 4.69) is 5.32 Å². The predicted octanol–water partition coefficient (Wildman–Crippen LogP) is 5.01. The van der Waals surface area contributed by atoms with Crippen molar-refractivity contribution in [3.63, 3.8) is 0 Å². The third-order valence-corrected chi connectivity index (χ3v) is 8.07. The fourth-order valence-electron chi connectivity index (χ4n) is 4.24. The van der Waals surface area contributed by atoms with Crippen molar-refractivity contribution in [2.24, 2.45) is 5.92 Å². The number of nitrogens with zero attached hydrogens (tertiary/aromatic N) is 1. The van der Waals surface area contributed by atoms with Gasteiger partial charge in [0.2, 0.25) is 15.9 Å². The molecule has 0 saturated carbocycles. The molecular weight excluding hydrogens is 476 g/mol. The molecule has 4 rings (SSSR count). The molecule has 8 heteroatoms. The van der Waals surface area contributed by atoms with E-state index in [-0.39, 0.29) is 17.3 Å². The second-order valence-corrected chi connectivity index (χ2v) is 10.8. The van der Waals surface area contributed by atoms with Gasteiger partial charge in [-0.3, -0.25) is 4.79 Å². The number of sulfonamides is 1. The molecule has 7 nitrogen and oxygen atoms in total. The van der Waals surface area contributed by atoms with Crippen molar-refractivity contribution in [3.8, 4) is 11.5 Å². The fourth-order valence-corrected chi connectivity index (χ4v) is 5.85. The fraction of sp³-hybridized carbons (Fsp3) is 0.321. The Bertz CT molecular complexity index is 1280. The quantitative estimate of drug-likeness (QED) is 0.439. The lowest BCUT2D eigenvalue weighted by atomic mass is 9.99. The largest absolute Gasteiger partial charge is 0.494 e. The number of anilines is 1. The molecule has 3 aromatic carbocycles. The van der Waals surface area contributed by atoms with Crippen LogP contribution in [0, 0.1) is 12.8 Å². The summed E-state index contributed by atoms with van der Waals surface area (Å²) in [6, 6.07) is 22.0. The van der Waals surface area contributed by atoms with Crippen LogP contribution in [0.25, 0.3) is 0 Å². The Morgan fingerprint density at radius 3 is 2.47 bits per heavy atom. The molecule has 0 bridgehead atoms. The Kier molecular flexibility index (Phi) is 8.28. The van der Waals surface area contributed by atoms with Crippen LogP contribution in [0.3, 0.4) is 0 Å². The van der Waals surface area contributed by atoms with Crippen molar-refractivity contribution in [1.82, 2.24) is 4.31 Å². The van der Waals surface area contributed by atoms with E-state index in [1.165, 1.54) is 4.31 Å². The Morgan fingerprint density at radius 2 is 1.78 bits per heavy atom. The zero-order valence-corrected chi connectivity index (χ0v) is 21.5. The molecule has 1 heterocycles. The van der Waals surface area contributed by atoms with Crippen molar-refractivity contribution in [2.45, 2.75) is 38.2 Å². The first kappa shape index (κ1) is 25.7. The number of carbonyl (C=O) groups is 1. The first-order valence-electron chi connectivity index (χ1n) is 12.2. The molecule has 0 aliphatic carbocycles. The van der Waals surface area contributed by atoms with Gasteiger partial charge in [-0.15, -0.1) is 0 Å². The van der Waals surface area contributed by atoms with Gasteiger partial charge in [-0.1, -0.05) is 30.3 Å².